The number of hydrogen-bond donors (Lipinski definition) is 0. The van der Waals surface area contributed by atoms with Gasteiger partial charge in [0.1, 0.15) is 5.69 Å². The highest BCUT2D eigenvalue weighted by Crippen LogP contribution is 2.32. The van der Waals surface area contributed by atoms with Gasteiger partial charge in [0.2, 0.25) is 0 Å². The first-order valence-electron chi connectivity index (χ1n) is 17.3. The molecule has 52 heavy (non-hydrogen) atoms. The van der Waals surface area contributed by atoms with Crippen molar-refractivity contribution in [1.29, 1.82) is 0 Å². The zero-order chi connectivity index (χ0) is 34.7. The van der Waals surface area contributed by atoms with E-state index in [1.165, 1.54) is 0 Å². The fraction of sp³-hybridized carbons (Fsp3) is 0. The van der Waals surface area contributed by atoms with Gasteiger partial charge in [-0.3, -0.25) is 0 Å². The van der Waals surface area contributed by atoms with Gasteiger partial charge in [-0.25, -0.2) is 24.9 Å². The normalized spacial score (nSPS) is 11.1. The summed E-state index contributed by atoms with van der Waals surface area (Å²) in [5.74, 6) is 1.27. The molecule has 0 unspecified atom stereocenters. The number of pyridine rings is 1. The molecule has 9 rings (SSSR count). The molecule has 9 aromatic rings. The van der Waals surface area contributed by atoms with Crippen LogP contribution in [0.3, 0.4) is 0 Å². The molecule has 0 saturated heterocycles. The monoisotopic (exact) mass is 665 g/mol. The second-order valence-electron chi connectivity index (χ2n) is 12.6. The van der Waals surface area contributed by atoms with Crippen molar-refractivity contribution in [3.8, 4) is 79.1 Å². The quantitative estimate of drug-likeness (QED) is 0.169. The van der Waals surface area contributed by atoms with Gasteiger partial charge in [-0.15, -0.1) is 0 Å². The maximum Gasteiger partial charge on any atom is 0.179 e. The Morgan fingerprint density at radius 2 is 0.692 bits per heavy atom. The van der Waals surface area contributed by atoms with E-state index in [0.29, 0.717) is 11.6 Å². The SMILES string of the molecule is c1ccc(-c2cc(-c3ccccc3)nc(-c3ccc(-c4cccc(-c5cc(-c6ccccc6)nc(-c6ccc7ccccc7n6)n5)c4)cc3)n2)cc1. The van der Waals surface area contributed by atoms with E-state index in [0.717, 1.165) is 78.3 Å². The van der Waals surface area contributed by atoms with Crippen molar-refractivity contribution in [2.24, 2.45) is 0 Å². The Labute approximate surface area is 302 Å². The van der Waals surface area contributed by atoms with Crippen LogP contribution < -0.4 is 0 Å². The molecule has 244 valence electrons. The average molecular weight is 666 g/mol. The second-order valence-corrected chi connectivity index (χ2v) is 12.6. The first kappa shape index (κ1) is 30.9. The van der Waals surface area contributed by atoms with E-state index in [9.17, 15) is 0 Å². The molecule has 0 aliphatic heterocycles. The smallest absolute Gasteiger partial charge is 0.179 e. The van der Waals surface area contributed by atoms with Crippen LogP contribution in [0.15, 0.2) is 188 Å². The summed E-state index contributed by atoms with van der Waals surface area (Å²) in [6.45, 7) is 0. The highest BCUT2D eigenvalue weighted by Gasteiger charge is 2.14. The van der Waals surface area contributed by atoms with Crippen molar-refractivity contribution in [2.45, 2.75) is 0 Å². The van der Waals surface area contributed by atoms with E-state index in [-0.39, 0.29) is 0 Å². The van der Waals surface area contributed by atoms with Crippen LogP contribution in [0.2, 0.25) is 0 Å². The minimum atomic E-state index is 0.587. The van der Waals surface area contributed by atoms with Crippen LogP contribution in [0.5, 0.6) is 0 Å². The van der Waals surface area contributed by atoms with E-state index in [1.54, 1.807) is 0 Å². The molecule has 0 amide bonds. The molecule has 5 nitrogen and oxygen atoms in total. The second kappa shape index (κ2) is 13.7. The lowest BCUT2D eigenvalue weighted by Crippen LogP contribution is -1.98. The zero-order valence-corrected chi connectivity index (χ0v) is 28.1. The third-order valence-corrected chi connectivity index (χ3v) is 9.12. The summed E-state index contributed by atoms with van der Waals surface area (Å²) in [6.07, 6.45) is 0. The summed E-state index contributed by atoms with van der Waals surface area (Å²) < 4.78 is 0. The molecule has 0 N–H and O–H groups in total. The Morgan fingerprint density at radius 1 is 0.231 bits per heavy atom. The van der Waals surface area contributed by atoms with Crippen LogP contribution in [0.1, 0.15) is 0 Å². The molecule has 6 aromatic carbocycles. The lowest BCUT2D eigenvalue weighted by Gasteiger charge is -2.11. The predicted molar refractivity (Wildman–Crippen MR) is 211 cm³/mol. The molecule has 0 bridgehead atoms. The summed E-state index contributed by atoms with van der Waals surface area (Å²) in [7, 11) is 0. The Morgan fingerprint density at radius 3 is 1.29 bits per heavy atom. The number of nitrogens with zero attached hydrogens (tertiary/aromatic N) is 5. The fourth-order valence-electron chi connectivity index (χ4n) is 6.42. The zero-order valence-electron chi connectivity index (χ0n) is 28.1. The molecule has 0 saturated carbocycles. The van der Waals surface area contributed by atoms with Crippen molar-refractivity contribution in [1.82, 2.24) is 24.9 Å². The Kier molecular flexibility index (Phi) is 8.12. The van der Waals surface area contributed by atoms with E-state index in [1.807, 2.05) is 78.9 Å². The maximum absolute atomic E-state index is 5.07. The molecule has 0 atom stereocenters. The summed E-state index contributed by atoms with van der Waals surface area (Å²) >= 11 is 0. The number of benzene rings is 6. The minimum absolute atomic E-state index is 0.587. The van der Waals surface area contributed by atoms with E-state index < -0.39 is 0 Å². The summed E-state index contributed by atoms with van der Waals surface area (Å²) in [5.41, 5.74) is 12.3. The van der Waals surface area contributed by atoms with Gasteiger partial charge in [0, 0.05) is 33.2 Å². The van der Waals surface area contributed by atoms with Gasteiger partial charge >= 0.3 is 0 Å². The van der Waals surface area contributed by atoms with Crippen molar-refractivity contribution in [3.63, 3.8) is 0 Å². The lowest BCUT2D eigenvalue weighted by atomic mass is 9.99. The van der Waals surface area contributed by atoms with Gasteiger partial charge in [-0.05, 0) is 41.5 Å². The van der Waals surface area contributed by atoms with Gasteiger partial charge in [0.05, 0.1) is 28.3 Å². The van der Waals surface area contributed by atoms with E-state index in [4.69, 9.17) is 24.9 Å². The number of aromatic nitrogens is 5. The van der Waals surface area contributed by atoms with E-state index in [2.05, 4.69) is 109 Å². The third kappa shape index (κ3) is 6.35. The average Bonchev–Trinajstić information content (AvgIpc) is 3.24. The van der Waals surface area contributed by atoms with Gasteiger partial charge < -0.3 is 0 Å². The van der Waals surface area contributed by atoms with Gasteiger partial charge in [0.15, 0.2) is 11.6 Å². The van der Waals surface area contributed by atoms with Crippen molar-refractivity contribution < 1.29 is 0 Å². The molecule has 5 heteroatoms. The summed E-state index contributed by atoms with van der Waals surface area (Å²) in [4.78, 5) is 25.0. The third-order valence-electron chi connectivity index (χ3n) is 9.12. The van der Waals surface area contributed by atoms with Crippen LogP contribution in [-0.2, 0) is 0 Å². The van der Waals surface area contributed by atoms with Crippen LogP contribution in [0, 0.1) is 0 Å². The van der Waals surface area contributed by atoms with E-state index >= 15 is 0 Å². The Bertz CT molecular complexity index is 2600. The molecule has 3 heterocycles. The maximum atomic E-state index is 5.07. The lowest BCUT2D eigenvalue weighted by molar-refractivity contribution is 1.16. The molecule has 0 radical (unpaired) electrons. The summed E-state index contributed by atoms with van der Waals surface area (Å²) in [5, 5.41) is 1.08. The minimum Gasteiger partial charge on any atom is -0.244 e. The number of rotatable bonds is 7. The first-order chi connectivity index (χ1) is 25.7. The predicted octanol–water partition coefficient (Wildman–Crippen LogP) is 11.5. The van der Waals surface area contributed by atoms with Crippen LogP contribution in [-0.4, -0.2) is 24.9 Å². The largest absolute Gasteiger partial charge is 0.244 e. The van der Waals surface area contributed by atoms with Gasteiger partial charge in [-0.2, -0.15) is 0 Å². The van der Waals surface area contributed by atoms with Crippen molar-refractivity contribution in [3.05, 3.63) is 188 Å². The molecular formula is C47H31N5. The molecule has 0 aliphatic rings. The molecular weight excluding hydrogens is 635 g/mol. The highest BCUT2D eigenvalue weighted by molar-refractivity contribution is 5.82. The molecule has 0 aliphatic carbocycles. The van der Waals surface area contributed by atoms with Crippen LogP contribution in [0.4, 0.5) is 0 Å². The first-order valence-corrected chi connectivity index (χ1v) is 17.3. The fourth-order valence-corrected chi connectivity index (χ4v) is 6.42. The molecule has 0 fully saturated rings. The van der Waals surface area contributed by atoms with Crippen LogP contribution >= 0.6 is 0 Å². The number of hydrogen-bond acceptors (Lipinski definition) is 5. The Balaban J connectivity index is 1.08. The van der Waals surface area contributed by atoms with Crippen molar-refractivity contribution in [2.75, 3.05) is 0 Å². The molecule has 0 spiro atoms. The highest BCUT2D eigenvalue weighted by atomic mass is 14.9. The van der Waals surface area contributed by atoms with Crippen LogP contribution in [0.25, 0.3) is 90.0 Å². The van der Waals surface area contributed by atoms with Crippen molar-refractivity contribution >= 4 is 10.9 Å². The Hall–Kier alpha value is -7.11. The summed E-state index contributed by atoms with van der Waals surface area (Å²) in [6, 6.07) is 64.0. The number of para-hydroxylation sites is 1. The molecule has 3 aromatic heterocycles. The topological polar surface area (TPSA) is 64.5 Å². The standard InChI is InChI=1S/C47H31N5/c1-4-13-33(14-5-1)42-30-43(34-15-6-2-7-16-34)50-46(49-42)37-25-23-32(24-26-37)38-20-12-21-39(29-38)45-31-44(35-17-8-3-9-18-35)51-47(52-45)41-28-27-36-19-10-11-22-40(36)48-41/h1-31H. The van der Waals surface area contributed by atoms with Gasteiger partial charge in [-0.1, -0.05) is 158 Å². The number of fused-ring (bicyclic) bond motifs is 1. The van der Waals surface area contributed by atoms with Gasteiger partial charge in [0.25, 0.3) is 0 Å².